The monoisotopic (exact) mass is 476 g/mol. The van der Waals surface area contributed by atoms with Crippen molar-refractivity contribution in [1.29, 1.82) is 0 Å². The van der Waals surface area contributed by atoms with Crippen molar-refractivity contribution in [2.24, 2.45) is 0 Å². The van der Waals surface area contributed by atoms with Crippen molar-refractivity contribution in [3.8, 4) is 5.75 Å². The predicted octanol–water partition coefficient (Wildman–Crippen LogP) is 3.03. The van der Waals surface area contributed by atoms with Crippen LogP contribution in [0.25, 0.3) is 0 Å². The topological polar surface area (TPSA) is 103 Å². The van der Waals surface area contributed by atoms with Gasteiger partial charge in [0.05, 0.1) is 27.1 Å². The van der Waals surface area contributed by atoms with E-state index in [1.807, 2.05) is 50.2 Å². The van der Waals surface area contributed by atoms with Gasteiger partial charge in [0.1, 0.15) is 17.0 Å². The second-order valence-corrected chi connectivity index (χ2v) is 8.74. The van der Waals surface area contributed by atoms with Crippen LogP contribution in [0.1, 0.15) is 44.6 Å². The van der Waals surface area contributed by atoms with E-state index in [1.54, 1.807) is 20.1 Å². The van der Waals surface area contributed by atoms with E-state index in [1.165, 1.54) is 22.9 Å². The van der Waals surface area contributed by atoms with Crippen LogP contribution in [0.4, 0.5) is 5.69 Å². The number of aryl methyl sites for hydroxylation is 2. The normalized spacial score (nSPS) is 17.1. The first-order chi connectivity index (χ1) is 16.7. The molecule has 2 aromatic carbocycles. The largest absolute Gasteiger partial charge is 0.496 e. The fraction of sp³-hybridized carbons (Fsp3) is 0.308. The van der Waals surface area contributed by atoms with Crippen molar-refractivity contribution >= 4 is 23.5 Å². The molecule has 0 fully saturated rings. The molecular weight excluding hydrogens is 448 g/mol. The van der Waals surface area contributed by atoms with E-state index in [0.29, 0.717) is 11.4 Å². The first-order valence-electron chi connectivity index (χ1n) is 11.2. The highest BCUT2D eigenvalue weighted by atomic mass is 16.5. The lowest BCUT2D eigenvalue weighted by molar-refractivity contribution is -0.126. The maximum Gasteiger partial charge on any atom is 0.359 e. The van der Waals surface area contributed by atoms with Gasteiger partial charge in [0, 0.05) is 17.8 Å². The summed E-state index contributed by atoms with van der Waals surface area (Å²) in [5, 5.41) is 2.96. The van der Waals surface area contributed by atoms with Crippen LogP contribution >= 0.6 is 0 Å². The molecular formula is C26H28N4O5. The number of methoxy groups -OCH3 is 2. The van der Waals surface area contributed by atoms with Crippen LogP contribution < -0.4 is 15.0 Å². The molecule has 1 unspecified atom stereocenters. The van der Waals surface area contributed by atoms with E-state index in [0.717, 1.165) is 16.7 Å². The van der Waals surface area contributed by atoms with Gasteiger partial charge in [-0.25, -0.2) is 9.78 Å². The third-order valence-corrected chi connectivity index (χ3v) is 6.46. The molecule has 2 amide bonds. The summed E-state index contributed by atoms with van der Waals surface area (Å²) in [5.41, 5.74) is 2.09. The summed E-state index contributed by atoms with van der Waals surface area (Å²) in [4.78, 5) is 45.4. The van der Waals surface area contributed by atoms with Gasteiger partial charge in [0.2, 0.25) is 5.91 Å². The molecule has 0 bridgehead atoms. The number of rotatable bonds is 6. The smallest absolute Gasteiger partial charge is 0.359 e. The third-order valence-electron chi connectivity index (χ3n) is 6.46. The SMILES string of the molecule is COC(=O)c1ncn2c1C(=O)N(c1ccc(C)c(C)c1)C(C)(C(=O)NCc1ccccc1OC)C2. The molecule has 9 nitrogen and oxygen atoms in total. The van der Waals surface area contributed by atoms with Crippen molar-refractivity contribution < 1.29 is 23.9 Å². The van der Waals surface area contributed by atoms with Gasteiger partial charge in [0.15, 0.2) is 5.69 Å². The van der Waals surface area contributed by atoms with Crippen molar-refractivity contribution in [3.63, 3.8) is 0 Å². The Labute approximate surface area is 203 Å². The van der Waals surface area contributed by atoms with Crippen LogP contribution in [0.3, 0.4) is 0 Å². The Balaban J connectivity index is 1.77. The zero-order chi connectivity index (χ0) is 25.3. The molecule has 0 aliphatic carbocycles. The summed E-state index contributed by atoms with van der Waals surface area (Å²) in [7, 11) is 2.81. The Kier molecular flexibility index (Phi) is 6.34. The van der Waals surface area contributed by atoms with Crippen molar-refractivity contribution in [3.05, 3.63) is 76.9 Å². The minimum absolute atomic E-state index is 0.0807. The van der Waals surface area contributed by atoms with Crippen LogP contribution in [-0.4, -0.2) is 47.1 Å². The lowest BCUT2D eigenvalue weighted by atomic mass is 9.92. The first kappa shape index (κ1) is 24.0. The van der Waals surface area contributed by atoms with Crippen LogP contribution in [0.15, 0.2) is 48.8 Å². The van der Waals surface area contributed by atoms with Crippen molar-refractivity contribution in [2.75, 3.05) is 19.1 Å². The second kappa shape index (κ2) is 9.25. The summed E-state index contributed by atoms with van der Waals surface area (Å²) in [5.74, 6) is -0.916. The molecule has 0 saturated carbocycles. The molecule has 3 aromatic rings. The molecule has 0 radical (unpaired) electrons. The number of anilines is 1. The molecule has 0 spiro atoms. The van der Waals surface area contributed by atoms with Gasteiger partial charge in [-0.15, -0.1) is 0 Å². The lowest BCUT2D eigenvalue weighted by Crippen LogP contribution is -2.64. The number of carbonyl (C=O) groups is 3. The summed E-state index contributed by atoms with van der Waals surface area (Å²) >= 11 is 0. The number of esters is 1. The number of nitrogens with one attached hydrogen (secondary N) is 1. The molecule has 1 aliphatic heterocycles. The average Bonchev–Trinajstić information content (AvgIpc) is 3.28. The number of hydrogen-bond acceptors (Lipinski definition) is 6. The summed E-state index contributed by atoms with van der Waals surface area (Å²) in [6.45, 7) is 5.94. The van der Waals surface area contributed by atoms with Gasteiger partial charge in [0.25, 0.3) is 5.91 Å². The quantitative estimate of drug-likeness (QED) is 0.549. The van der Waals surface area contributed by atoms with E-state index >= 15 is 0 Å². The van der Waals surface area contributed by atoms with Gasteiger partial charge in [-0.3, -0.25) is 14.5 Å². The second-order valence-electron chi connectivity index (χ2n) is 8.74. The Morgan fingerprint density at radius 1 is 1.11 bits per heavy atom. The Morgan fingerprint density at radius 3 is 2.54 bits per heavy atom. The fourth-order valence-electron chi connectivity index (χ4n) is 4.36. The molecule has 0 saturated heterocycles. The van der Waals surface area contributed by atoms with Crippen LogP contribution in [-0.2, 0) is 22.6 Å². The number of imidazole rings is 1. The maximum atomic E-state index is 13.9. The number of benzene rings is 2. The van der Waals surface area contributed by atoms with Crippen LogP contribution in [0.5, 0.6) is 5.75 Å². The van der Waals surface area contributed by atoms with Crippen LogP contribution in [0, 0.1) is 13.8 Å². The molecule has 182 valence electrons. The number of aromatic nitrogens is 2. The molecule has 1 N–H and O–H groups in total. The molecule has 35 heavy (non-hydrogen) atoms. The van der Waals surface area contributed by atoms with Gasteiger partial charge in [-0.1, -0.05) is 24.3 Å². The van der Waals surface area contributed by atoms with Gasteiger partial charge in [-0.05, 0) is 50.1 Å². The molecule has 4 rings (SSSR count). The highest BCUT2D eigenvalue weighted by Crippen LogP contribution is 2.35. The van der Waals surface area contributed by atoms with E-state index in [-0.39, 0.29) is 30.4 Å². The van der Waals surface area contributed by atoms with Crippen LogP contribution in [0.2, 0.25) is 0 Å². The number of hydrogen-bond donors (Lipinski definition) is 1. The number of para-hydroxylation sites is 1. The zero-order valence-corrected chi connectivity index (χ0v) is 20.4. The minimum Gasteiger partial charge on any atom is -0.496 e. The summed E-state index contributed by atoms with van der Waals surface area (Å²) < 4.78 is 11.7. The predicted molar refractivity (Wildman–Crippen MR) is 130 cm³/mol. The maximum absolute atomic E-state index is 13.9. The first-order valence-corrected chi connectivity index (χ1v) is 11.2. The summed E-state index contributed by atoms with van der Waals surface area (Å²) in [6, 6.07) is 13.0. The fourth-order valence-corrected chi connectivity index (χ4v) is 4.36. The highest BCUT2D eigenvalue weighted by Gasteiger charge is 2.49. The van der Waals surface area contributed by atoms with Crippen molar-refractivity contribution in [1.82, 2.24) is 14.9 Å². The van der Waals surface area contributed by atoms with E-state index in [9.17, 15) is 14.4 Å². The highest BCUT2D eigenvalue weighted by molar-refractivity contribution is 6.15. The third kappa shape index (κ3) is 4.14. The molecule has 1 atom stereocenters. The standard InChI is InChI=1S/C26H28N4O5/c1-16-10-11-19(12-17(16)2)30-23(31)22-21(24(32)35-5)28-15-29(22)14-26(30,3)25(33)27-13-18-8-6-7-9-20(18)34-4/h6-12,15H,13-14H2,1-5H3,(H,27,33). The Hall–Kier alpha value is -4.14. The average molecular weight is 477 g/mol. The van der Waals surface area contributed by atoms with E-state index in [4.69, 9.17) is 9.47 Å². The zero-order valence-electron chi connectivity index (χ0n) is 20.4. The molecule has 1 aliphatic rings. The Morgan fingerprint density at radius 2 is 1.86 bits per heavy atom. The van der Waals surface area contributed by atoms with Gasteiger partial charge >= 0.3 is 5.97 Å². The number of fused-ring (bicyclic) bond motifs is 1. The molecule has 2 heterocycles. The number of amides is 2. The van der Waals surface area contributed by atoms with Gasteiger partial charge < -0.3 is 19.4 Å². The molecule has 9 heteroatoms. The number of nitrogens with zero attached hydrogens (tertiary/aromatic N) is 3. The summed E-state index contributed by atoms with van der Waals surface area (Å²) in [6.07, 6.45) is 1.39. The van der Waals surface area contributed by atoms with Crippen molar-refractivity contribution in [2.45, 2.75) is 39.4 Å². The Bertz CT molecular complexity index is 1310. The van der Waals surface area contributed by atoms with Gasteiger partial charge in [-0.2, -0.15) is 0 Å². The molecule has 1 aromatic heterocycles. The number of carbonyl (C=O) groups excluding carboxylic acids is 3. The van der Waals surface area contributed by atoms with E-state index in [2.05, 4.69) is 10.3 Å². The minimum atomic E-state index is -1.30. The van der Waals surface area contributed by atoms with E-state index < -0.39 is 17.4 Å². The number of ether oxygens (including phenoxy) is 2. The lowest BCUT2D eigenvalue weighted by Gasteiger charge is -2.43.